The fourth-order valence-corrected chi connectivity index (χ4v) is 2.92. The molecule has 0 aromatic carbocycles. The van der Waals surface area contributed by atoms with Gasteiger partial charge in [-0.25, -0.2) is 0 Å². The summed E-state index contributed by atoms with van der Waals surface area (Å²) in [5, 5.41) is 10.4. The van der Waals surface area contributed by atoms with Crippen LogP contribution in [0.1, 0.15) is 31.4 Å². The Morgan fingerprint density at radius 3 is 2.95 bits per heavy atom. The Kier molecular flexibility index (Phi) is 4.32. The van der Waals surface area contributed by atoms with Gasteiger partial charge >= 0.3 is 0 Å². The van der Waals surface area contributed by atoms with E-state index < -0.39 is 0 Å². The fourth-order valence-electron chi connectivity index (χ4n) is 2.92. The highest BCUT2D eigenvalue weighted by Gasteiger charge is 2.30. The van der Waals surface area contributed by atoms with Gasteiger partial charge in [-0.15, -0.1) is 0 Å². The van der Waals surface area contributed by atoms with E-state index in [9.17, 15) is 4.79 Å². The molecule has 1 atom stereocenters. The number of piperidine rings is 1. The lowest BCUT2D eigenvalue weighted by Crippen LogP contribution is -2.47. The Morgan fingerprint density at radius 1 is 1.45 bits per heavy atom. The van der Waals surface area contributed by atoms with Gasteiger partial charge in [-0.3, -0.25) is 9.89 Å². The summed E-state index contributed by atoms with van der Waals surface area (Å²) in [6, 6.07) is 2.45. The van der Waals surface area contributed by atoms with Crippen molar-refractivity contribution in [2.75, 3.05) is 19.7 Å². The highest BCUT2D eigenvalue weighted by Crippen LogP contribution is 2.18. The molecule has 3 rings (SSSR count). The van der Waals surface area contributed by atoms with Crippen LogP contribution in [0.15, 0.2) is 12.3 Å². The normalized spacial score (nSPS) is 24.2. The molecule has 0 unspecified atom stereocenters. The molecular weight excluding hydrogens is 256 g/mol. The Hall–Kier alpha value is -1.40. The number of ether oxygens (including phenoxy) is 1. The number of likely N-dealkylation sites (tertiary alicyclic amines) is 1. The summed E-state index contributed by atoms with van der Waals surface area (Å²) < 4.78 is 5.47. The minimum absolute atomic E-state index is 0.176. The Balaban J connectivity index is 1.41. The molecule has 1 aromatic rings. The molecule has 0 saturated carbocycles. The van der Waals surface area contributed by atoms with Crippen LogP contribution in [0.25, 0.3) is 0 Å². The van der Waals surface area contributed by atoms with Gasteiger partial charge in [-0.2, -0.15) is 5.10 Å². The monoisotopic (exact) mass is 278 g/mol. The average molecular weight is 278 g/mol. The van der Waals surface area contributed by atoms with E-state index in [0.717, 1.165) is 57.6 Å². The van der Waals surface area contributed by atoms with Crippen LogP contribution in [0.3, 0.4) is 0 Å². The van der Waals surface area contributed by atoms with Gasteiger partial charge < -0.3 is 15.0 Å². The lowest BCUT2D eigenvalue weighted by Gasteiger charge is -2.33. The van der Waals surface area contributed by atoms with Crippen LogP contribution >= 0.6 is 0 Å². The Labute approximate surface area is 118 Å². The van der Waals surface area contributed by atoms with Crippen LogP contribution in [0.5, 0.6) is 0 Å². The number of hydrogen-bond acceptors (Lipinski definition) is 4. The molecule has 110 valence electrons. The van der Waals surface area contributed by atoms with Gasteiger partial charge in [0.15, 0.2) is 0 Å². The fraction of sp³-hybridized carbons (Fsp3) is 0.714. The summed E-state index contributed by atoms with van der Waals surface area (Å²) in [4.78, 5) is 14.2. The van der Waals surface area contributed by atoms with Crippen molar-refractivity contribution in [3.63, 3.8) is 0 Å². The number of H-pyrrole nitrogens is 1. The van der Waals surface area contributed by atoms with Crippen molar-refractivity contribution in [1.29, 1.82) is 0 Å². The second-order valence-electron chi connectivity index (χ2n) is 5.56. The van der Waals surface area contributed by atoms with Gasteiger partial charge in [0.05, 0.1) is 0 Å². The van der Waals surface area contributed by atoms with E-state index in [2.05, 4.69) is 15.5 Å². The topological polar surface area (TPSA) is 70.2 Å². The van der Waals surface area contributed by atoms with Crippen molar-refractivity contribution in [2.24, 2.45) is 0 Å². The Morgan fingerprint density at radius 2 is 2.30 bits per heavy atom. The second-order valence-corrected chi connectivity index (χ2v) is 5.56. The van der Waals surface area contributed by atoms with Crippen LogP contribution in [-0.2, 0) is 16.1 Å². The SMILES string of the molecule is O=C([C@H]1CCCO1)N1CCC(NCc2ccn[nH]2)CC1. The van der Waals surface area contributed by atoms with Gasteiger partial charge in [0.1, 0.15) is 6.10 Å². The van der Waals surface area contributed by atoms with Crippen LogP contribution in [0, 0.1) is 0 Å². The lowest BCUT2D eigenvalue weighted by atomic mass is 10.0. The van der Waals surface area contributed by atoms with E-state index in [4.69, 9.17) is 4.74 Å². The molecule has 1 amide bonds. The molecular formula is C14H22N4O2. The van der Waals surface area contributed by atoms with Crippen molar-refractivity contribution >= 4 is 5.91 Å². The van der Waals surface area contributed by atoms with Crippen LogP contribution in [0.4, 0.5) is 0 Å². The molecule has 0 aliphatic carbocycles. The third kappa shape index (κ3) is 3.19. The summed E-state index contributed by atoms with van der Waals surface area (Å²) in [5.41, 5.74) is 1.10. The molecule has 6 nitrogen and oxygen atoms in total. The third-order valence-electron chi connectivity index (χ3n) is 4.15. The maximum absolute atomic E-state index is 12.2. The van der Waals surface area contributed by atoms with Crippen molar-refractivity contribution in [3.05, 3.63) is 18.0 Å². The van der Waals surface area contributed by atoms with Crippen molar-refractivity contribution in [2.45, 2.75) is 44.4 Å². The first-order valence-corrected chi connectivity index (χ1v) is 7.45. The van der Waals surface area contributed by atoms with Gasteiger partial charge in [-0.05, 0) is 31.7 Å². The number of nitrogens with one attached hydrogen (secondary N) is 2. The highest BCUT2D eigenvalue weighted by molar-refractivity contribution is 5.81. The van der Waals surface area contributed by atoms with E-state index in [-0.39, 0.29) is 12.0 Å². The third-order valence-corrected chi connectivity index (χ3v) is 4.15. The van der Waals surface area contributed by atoms with Gasteiger partial charge in [0.25, 0.3) is 5.91 Å². The molecule has 2 N–H and O–H groups in total. The Bertz CT molecular complexity index is 420. The molecule has 20 heavy (non-hydrogen) atoms. The number of rotatable bonds is 4. The highest BCUT2D eigenvalue weighted by atomic mass is 16.5. The zero-order chi connectivity index (χ0) is 13.8. The van der Waals surface area contributed by atoms with E-state index in [1.165, 1.54) is 0 Å². The molecule has 0 radical (unpaired) electrons. The number of carbonyl (C=O) groups is 1. The quantitative estimate of drug-likeness (QED) is 0.849. The van der Waals surface area contributed by atoms with Crippen LogP contribution in [-0.4, -0.2) is 52.8 Å². The van der Waals surface area contributed by atoms with Gasteiger partial charge in [0, 0.05) is 44.2 Å². The summed E-state index contributed by atoms with van der Waals surface area (Å²) in [5.74, 6) is 0.189. The molecule has 0 spiro atoms. The van der Waals surface area contributed by atoms with Crippen molar-refractivity contribution in [1.82, 2.24) is 20.4 Å². The number of aromatic amines is 1. The molecule has 3 heterocycles. The van der Waals surface area contributed by atoms with Gasteiger partial charge in [0.2, 0.25) is 0 Å². The standard InChI is InChI=1S/C14H22N4O2/c19-14(13-2-1-9-20-13)18-7-4-11(5-8-18)15-10-12-3-6-16-17-12/h3,6,11,13,15H,1-2,4-5,7-10H2,(H,16,17)/t13-/m1/s1. The molecule has 1 aromatic heterocycles. The first-order chi connectivity index (χ1) is 9.83. The minimum atomic E-state index is -0.176. The van der Waals surface area contributed by atoms with E-state index in [1.54, 1.807) is 6.20 Å². The zero-order valence-corrected chi connectivity index (χ0v) is 11.7. The lowest BCUT2D eigenvalue weighted by molar-refractivity contribution is -0.142. The van der Waals surface area contributed by atoms with E-state index in [0.29, 0.717) is 6.04 Å². The second kappa shape index (κ2) is 6.37. The molecule has 2 fully saturated rings. The maximum atomic E-state index is 12.2. The smallest absolute Gasteiger partial charge is 0.251 e. The van der Waals surface area contributed by atoms with E-state index >= 15 is 0 Å². The first-order valence-electron chi connectivity index (χ1n) is 7.45. The molecule has 2 aliphatic rings. The maximum Gasteiger partial charge on any atom is 0.251 e. The largest absolute Gasteiger partial charge is 0.368 e. The number of amides is 1. The number of nitrogens with zero attached hydrogens (tertiary/aromatic N) is 2. The number of hydrogen-bond donors (Lipinski definition) is 2. The number of carbonyl (C=O) groups excluding carboxylic acids is 1. The summed E-state index contributed by atoms with van der Waals surface area (Å²) in [6.07, 6.45) is 5.50. The van der Waals surface area contributed by atoms with E-state index in [1.807, 2.05) is 11.0 Å². The summed E-state index contributed by atoms with van der Waals surface area (Å²) in [6.45, 7) is 3.21. The van der Waals surface area contributed by atoms with Crippen molar-refractivity contribution < 1.29 is 9.53 Å². The molecule has 2 saturated heterocycles. The van der Waals surface area contributed by atoms with Crippen LogP contribution in [0.2, 0.25) is 0 Å². The zero-order valence-electron chi connectivity index (χ0n) is 11.7. The average Bonchev–Trinajstić information content (AvgIpc) is 3.18. The first kappa shape index (κ1) is 13.6. The predicted molar refractivity (Wildman–Crippen MR) is 74.0 cm³/mol. The molecule has 0 bridgehead atoms. The van der Waals surface area contributed by atoms with Gasteiger partial charge in [-0.1, -0.05) is 0 Å². The minimum Gasteiger partial charge on any atom is -0.368 e. The number of aromatic nitrogens is 2. The predicted octanol–water partition coefficient (Wildman–Crippen LogP) is 0.669. The van der Waals surface area contributed by atoms with Crippen LogP contribution < -0.4 is 5.32 Å². The van der Waals surface area contributed by atoms with Crippen molar-refractivity contribution in [3.8, 4) is 0 Å². The molecule has 2 aliphatic heterocycles. The summed E-state index contributed by atoms with van der Waals surface area (Å²) in [7, 11) is 0. The molecule has 6 heteroatoms. The summed E-state index contributed by atoms with van der Waals surface area (Å²) >= 11 is 0.